The molecule has 25 heavy (non-hydrogen) atoms. The molecule has 128 valence electrons. The number of nitrogens with one attached hydrogen (secondary N) is 1. The molecule has 0 amide bonds. The highest BCUT2D eigenvalue weighted by Gasteiger charge is 2.22. The van der Waals surface area contributed by atoms with Crippen LogP contribution in [0.3, 0.4) is 0 Å². The lowest BCUT2D eigenvalue weighted by molar-refractivity contribution is 0.504. The highest BCUT2D eigenvalue weighted by Crippen LogP contribution is 2.23. The van der Waals surface area contributed by atoms with E-state index < -0.39 is 10.0 Å². The molecule has 2 aromatic heterocycles. The van der Waals surface area contributed by atoms with Gasteiger partial charge >= 0.3 is 0 Å². The van der Waals surface area contributed by atoms with Crippen LogP contribution < -0.4 is 4.72 Å². The van der Waals surface area contributed by atoms with Crippen LogP contribution in [0.2, 0.25) is 0 Å². The molecule has 0 saturated heterocycles. The predicted octanol–water partition coefficient (Wildman–Crippen LogP) is 3.35. The Morgan fingerprint density at radius 1 is 1.16 bits per heavy atom. The molecule has 0 aliphatic rings. The summed E-state index contributed by atoms with van der Waals surface area (Å²) >= 11 is 1.000. The maximum absolute atomic E-state index is 12.7. The van der Waals surface area contributed by atoms with Gasteiger partial charge in [-0.05, 0) is 31.2 Å². The van der Waals surface area contributed by atoms with Gasteiger partial charge in [0.05, 0.1) is 11.7 Å². The Labute approximate surface area is 148 Å². The summed E-state index contributed by atoms with van der Waals surface area (Å²) in [7, 11) is -3.69. The maximum Gasteiger partial charge on any atom is 0.243 e. The van der Waals surface area contributed by atoms with Gasteiger partial charge in [0, 0.05) is 17.8 Å². The van der Waals surface area contributed by atoms with E-state index in [2.05, 4.69) is 13.5 Å². The van der Waals surface area contributed by atoms with E-state index in [1.807, 2.05) is 37.3 Å². The van der Waals surface area contributed by atoms with Crippen LogP contribution in [0, 0.1) is 0 Å². The molecule has 0 saturated carbocycles. The lowest BCUT2D eigenvalue weighted by Crippen LogP contribution is -2.34. The number of rotatable bonds is 5. The zero-order chi connectivity index (χ0) is 17.4. The second-order valence-electron chi connectivity index (χ2n) is 5.87. The molecule has 2 aromatic carbocycles. The van der Waals surface area contributed by atoms with Crippen molar-refractivity contribution in [2.24, 2.45) is 0 Å². The number of fused-ring (bicyclic) bond motifs is 2. The summed E-state index contributed by atoms with van der Waals surface area (Å²) in [6, 6.07) is 14.3. The van der Waals surface area contributed by atoms with Crippen LogP contribution in [0.15, 0.2) is 57.8 Å². The minimum Gasteiger partial charge on any atom is -0.461 e. The van der Waals surface area contributed by atoms with Crippen LogP contribution in [0.4, 0.5) is 0 Å². The number of benzene rings is 2. The first kappa shape index (κ1) is 16.2. The molecular formula is C17H15N3O3S2. The van der Waals surface area contributed by atoms with Crippen LogP contribution in [-0.2, 0) is 16.4 Å². The van der Waals surface area contributed by atoms with Crippen LogP contribution in [-0.4, -0.2) is 23.2 Å². The number of sulfonamides is 1. The summed E-state index contributed by atoms with van der Waals surface area (Å²) < 4.78 is 42.1. The average Bonchev–Trinajstić information content (AvgIpc) is 3.19. The first-order valence-corrected chi connectivity index (χ1v) is 9.95. The summed E-state index contributed by atoms with van der Waals surface area (Å²) in [6.07, 6.45) is 0.458. The van der Waals surface area contributed by atoms with E-state index in [-0.39, 0.29) is 10.9 Å². The highest BCUT2D eigenvalue weighted by atomic mass is 32.2. The molecule has 1 N–H and O–H groups in total. The maximum atomic E-state index is 12.7. The number of hydrogen-bond acceptors (Lipinski definition) is 6. The molecule has 4 rings (SSSR count). The van der Waals surface area contributed by atoms with Gasteiger partial charge in [-0.2, -0.15) is 8.75 Å². The monoisotopic (exact) mass is 373 g/mol. The summed E-state index contributed by atoms with van der Waals surface area (Å²) in [6.45, 7) is 1.81. The second-order valence-corrected chi connectivity index (χ2v) is 8.08. The van der Waals surface area contributed by atoms with Crippen molar-refractivity contribution >= 4 is 43.8 Å². The van der Waals surface area contributed by atoms with Gasteiger partial charge in [-0.25, -0.2) is 13.1 Å². The minimum absolute atomic E-state index is 0.148. The number of furan rings is 1. The number of nitrogens with zero attached hydrogens (tertiary/aromatic N) is 2. The average molecular weight is 373 g/mol. The number of para-hydroxylation sites is 1. The molecule has 1 atom stereocenters. The molecule has 0 radical (unpaired) electrons. The Balaban J connectivity index is 1.57. The van der Waals surface area contributed by atoms with E-state index >= 15 is 0 Å². The van der Waals surface area contributed by atoms with Crippen molar-refractivity contribution in [3.63, 3.8) is 0 Å². The van der Waals surface area contributed by atoms with Crippen LogP contribution in [0.1, 0.15) is 12.7 Å². The van der Waals surface area contributed by atoms with E-state index in [0.29, 0.717) is 17.5 Å². The molecule has 8 heteroatoms. The van der Waals surface area contributed by atoms with Gasteiger partial charge in [0.2, 0.25) is 10.0 Å². The zero-order valence-electron chi connectivity index (χ0n) is 13.3. The Morgan fingerprint density at radius 2 is 2.00 bits per heavy atom. The van der Waals surface area contributed by atoms with Crippen LogP contribution >= 0.6 is 11.7 Å². The van der Waals surface area contributed by atoms with Gasteiger partial charge < -0.3 is 4.42 Å². The molecule has 0 fully saturated rings. The van der Waals surface area contributed by atoms with Gasteiger partial charge in [0.15, 0.2) is 0 Å². The van der Waals surface area contributed by atoms with Crippen molar-refractivity contribution in [2.45, 2.75) is 24.3 Å². The Bertz CT molecular complexity index is 1120. The fraction of sp³-hybridized carbons (Fsp3) is 0.176. The zero-order valence-corrected chi connectivity index (χ0v) is 15.0. The SMILES string of the molecule is C[C@H](Cc1cc2ccccc2o1)NS(=O)(=O)c1cccc2nsnc12. The fourth-order valence-corrected chi connectivity index (χ4v) is 4.82. The third-order valence-electron chi connectivity index (χ3n) is 3.88. The molecule has 0 bridgehead atoms. The number of aromatic nitrogens is 2. The van der Waals surface area contributed by atoms with E-state index in [1.54, 1.807) is 18.2 Å². The van der Waals surface area contributed by atoms with Crippen molar-refractivity contribution in [1.82, 2.24) is 13.5 Å². The third kappa shape index (κ3) is 3.15. The molecule has 0 unspecified atom stereocenters. The molecule has 0 aliphatic carbocycles. The second kappa shape index (κ2) is 6.21. The highest BCUT2D eigenvalue weighted by molar-refractivity contribution is 7.89. The molecule has 0 spiro atoms. The van der Waals surface area contributed by atoms with Crippen molar-refractivity contribution in [1.29, 1.82) is 0 Å². The van der Waals surface area contributed by atoms with Crippen LogP contribution in [0.25, 0.3) is 22.0 Å². The van der Waals surface area contributed by atoms with Gasteiger partial charge in [0.25, 0.3) is 0 Å². The van der Waals surface area contributed by atoms with Gasteiger partial charge in [-0.3, -0.25) is 0 Å². The first-order valence-electron chi connectivity index (χ1n) is 7.74. The molecule has 2 heterocycles. The van der Waals surface area contributed by atoms with Crippen molar-refractivity contribution in [3.8, 4) is 0 Å². The first-order chi connectivity index (χ1) is 12.0. The Hall–Kier alpha value is -2.29. The minimum atomic E-state index is -3.69. The topological polar surface area (TPSA) is 85.1 Å². The summed E-state index contributed by atoms with van der Waals surface area (Å²) in [5, 5.41) is 1.01. The summed E-state index contributed by atoms with van der Waals surface area (Å²) in [4.78, 5) is 0.148. The summed E-state index contributed by atoms with van der Waals surface area (Å²) in [5.41, 5.74) is 1.78. The van der Waals surface area contributed by atoms with Gasteiger partial charge in [-0.15, -0.1) is 0 Å². The molecular weight excluding hydrogens is 358 g/mol. The van der Waals surface area contributed by atoms with E-state index in [1.165, 1.54) is 0 Å². The Morgan fingerprint density at radius 3 is 2.84 bits per heavy atom. The predicted molar refractivity (Wildman–Crippen MR) is 97.1 cm³/mol. The lowest BCUT2D eigenvalue weighted by atomic mass is 10.2. The lowest BCUT2D eigenvalue weighted by Gasteiger charge is -2.13. The third-order valence-corrected chi connectivity index (χ3v) is 6.04. The van der Waals surface area contributed by atoms with E-state index in [0.717, 1.165) is 28.5 Å². The van der Waals surface area contributed by atoms with Crippen LogP contribution in [0.5, 0.6) is 0 Å². The van der Waals surface area contributed by atoms with E-state index in [4.69, 9.17) is 4.42 Å². The molecule has 4 aromatic rings. The largest absolute Gasteiger partial charge is 0.461 e. The smallest absolute Gasteiger partial charge is 0.243 e. The standard InChI is InChI=1S/C17H15N3O3S2/c1-11(9-13-10-12-5-2-3-7-15(12)23-13)20-25(21,22)16-8-4-6-14-17(16)19-24-18-14/h2-8,10-11,20H,9H2,1H3/t11-/m1/s1. The number of hydrogen-bond donors (Lipinski definition) is 1. The fourth-order valence-electron chi connectivity index (χ4n) is 2.81. The van der Waals surface area contributed by atoms with E-state index in [9.17, 15) is 8.42 Å². The van der Waals surface area contributed by atoms with Gasteiger partial charge in [0.1, 0.15) is 27.3 Å². The normalized spacial score (nSPS) is 13.5. The Kier molecular flexibility index (Phi) is 4.03. The van der Waals surface area contributed by atoms with Gasteiger partial charge in [-0.1, -0.05) is 24.3 Å². The quantitative estimate of drug-likeness (QED) is 0.580. The summed E-state index contributed by atoms with van der Waals surface area (Å²) in [5.74, 6) is 0.741. The molecule has 6 nitrogen and oxygen atoms in total. The van der Waals surface area contributed by atoms with Crippen molar-refractivity contribution in [2.75, 3.05) is 0 Å². The van der Waals surface area contributed by atoms with Crippen molar-refractivity contribution < 1.29 is 12.8 Å². The van der Waals surface area contributed by atoms with Crippen molar-refractivity contribution in [3.05, 3.63) is 54.3 Å². The molecule has 0 aliphatic heterocycles.